The lowest BCUT2D eigenvalue weighted by Crippen LogP contribution is -2.15. The number of nitrogens with two attached hydrogens (primary N) is 1. The van der Waals surface area contributed by atoms with Crippen LogP contribution in [0.3, 0.4) is 0 Å². The normalized spacial score (nSPS) is 9.93. The smallest absolute Gasteiger partial charge is 0.271 e. The largest absolute Gasteiger partial charge is 0.491 e. The van der Waals surface area contributed by atoms with Crippen molar-refractivity contribution in [3.63, 3.8) is 0 Å². The van der Waals surface area contributed by atoms with Crippen LogP contribution in [0.5, 0.6) is 5.75 Å². The first-order chi connectivity index (χ1) is 7.25. The molecule has 0 spiro atoms. The molecule has 0 aliphatic rings. The van der Waals surface area contributed by atoms with Gasteiger partial charge >= 0.3 is 0 Å². The fourth-order valence-corrected chi connectivity index (χ4v) is 1.23. The molecule has 1 amide bonds. The molecule has 0 saturated heterocycles. The molecule has 0 unspecified atom stereocenters. The quantitative estimate of drug-likeness (QED) is 0.724. The van der Waals surface area contributed by atoms with E-state index in [9.17, 15) is 4.79 Å². The predicted molar refractivity (Wildman–Crippen MR) is 57.8 cm³/mol. The number of unbranched alkanes of at least 4 members (excludes halogenated alkanes) is 2. The van der Waals surface area contributed by atoms with Crippen LogP contribution in [-0.4, -0.2) is 17.5 Å². The van der Waals surface area contributed by atoms with Gasteiger partial charge in [0.25, 0.3) is 5.91 Å². The zero-order chi connectivity index (χ0) is 11.1. The first kappa shape index (κ1) is 11.5. The fraction of sp³-hybridized carbons (Fsp3) is 0.455. The molecule has 0 fully saturated rings. The summed E-state index contributed by atoms with van der Waals surface area (Å²) >= 11 is 0. The van der Waals surface area contributed by atoms with Crippen LogP contribution in [-0.2, 0) is 0 Å². The lowest BCUT2D eigenvalue weighted by molar-refractivity contribution is 0.0991. The van der Waals surface area contributed by atoms with Crippen molar-refractivity contribution in [3.8, 4) is 5.75 Å². The van der Waals surface area contributed by atoms with Crippen molar-refractivity contribution in [2.75, 3.05) is 6.61 Å². The highest BCUT2D eigenvalue weighted by Crippen LogP contribution is 2.14. The second-order valence-corrected chi connectivity index (χ2v) is 3.27. The molecule has 82 valence electrons. The van der Waals surface area contributed by atoms with E-state index in [2.05, 4.69) is 11.9 Å². The van der Waals surface area contributed by atoms with Gasteiger partial charge in [-0.15, -0.1) is 0 Å². The number of nitrogens with zero attached hydrogens (tertiary/aromatic N) is 1. The SMILES string of the molecule is CCCCCOc1cccnc1C(N)=O. The average molecular weight is 208 g/mol. The maximum absolute atomic E-state index is 11.0. The van der Waals surface area contributed by atoms with Gasteiger partial charge in [0.15, 0.2) is 11.4 Å². The van der Waals surface area contributed by atoms with E-state index in [4.69, 9.17) is 10.5 Å². The van der Waals surface area contributed by atoms with Crippen molar-refractivity contribution in [2.24, 2.45) is 5.73 Å². The summed E-state index contributed by atoms with van der Waals surface area (Å²) in [5.74, 6) is -0.0813. The van der Waals surface area contributed by atoms with Crippen LogP contribution >= 0.6 is 0 Å². The summed E-state index contributed by atoms with van der Waals surface area (Å²) in [6.07, 6.45) is 4.76. The Balaban J connectivity index is 2.56. The Bertz CT molecular complexity index is 326. The number of aromatic nitrogens is 1. The minimum absolute atomic E-state index is 0.203. The molecule has 4 heteroatoms. The molecule has 1 aromatic heterocycles. The van der Waals surface area contributed by atoms with E-state index >= 15 is 0 Å². The van der Waals surface area contributed by atoms with Gasteiger partial charge in [0.2, 0.25) is 0 Å². The number of amides is 1. The number of rotatable bonds is 6. The van der Waals surface area contributed by atoms with E-state index < -0.39 is 5.91 Å². The first-order valence-corrected chi connectivity index (χ1v) is 5.13. The molecule has 2 N–H and O–H groups in total. The Labute approximate surface area is 89.5 Å². The van der Waals surface area contributed by atoms with E-state index in [1.807, 2.05) is 0 Å². The molecule has 0 saturated carbocycles. The maximum Gasteiger partial charge on any atom is 0.271 e. The average Bonchev–Trinajstić information content (AvgIpc) is 2.25. The Morgan fingerprint density at radius 2 is 2.33 bits per heavy atom. The van der Waals surface area contributed by atoms with Gasteiger partial charge in [0.05, 0.1) is 6.61 Å². The molecule has 0 atom stereocenters. The highest BCUT2D eigenvalue weighted by molar-refractivity contribution is 5.93. The third-order valence-electron chi connectivity index (χ3n) is 2.01. The van der Waals surface area contributed by atoms with Gasteiger partial charge in [0.1, 0.15) is 0 Å². The van der Waals surface area contributed by atoms with Crippen LogP contribution in [0, 0.1) is 0 Å². The summed E-state index contributed by atoms with van der Waals surface area (Å²) < 4.78 is 5.44. The summed E-state index contributed by atoms with van der Waals surface area (Å²) in [6, 6.07) is 3.43. The lowest BCUT2D eigenvalue weighted by Gasteiger charge is -2.07. The number of carbonyl (C=O) groups excluding carboxylic acids is 1. The Hall–Kier alpha value is -1.58. The molecule has 0 aliphatic carbocycles. The topological polar surface area (TPSA) is 65.2 Å². The summed E-state index contributed by atoms with van der Waals surface area (Å²) in [7, 11) is 0. The van der Waals surface area contributed by atoms with E-state index in [0.717, 1.165) is 19.3 Å². The molecule has 15 heavy (non-hydrogen) atoms. The molecule has 1 rings (SSSR count). The van der Waals surface area contributed by atoms with Crippen molar-refractivity contribution in [1.82, 2.24) is 4.98 Å². The van der Waals surface area contributed by atoms with Gasteiger partial charge < -0.3 is 10.5 Å². The molecular weight excluding hydrogens is 192 g/mol. The fourth-order valence-electron chi connectivity index (χ4n) is 1.23. The van der Waals surface area contributed by atoms with Crippen LogP contribution in [0.4, 0.5) is 0 Å². The molecule has 1 aromatic rings. The highest BCUT2D eigenvalue weighted by Gasteiger charge is 2.09. The number of carbonyl (C=O) groups is 1. The predicted octanol–water partition coefficient (Wildman–Crippen LogP) is 1.75. The first-order valence-electron chi connectivity index (χ1n) is 5.13. The number of hydrogen-bond acceptors (Lipinski definition) is 3. The van der Waals surface area contributed by atoms with Crippen molar-refractivity contribution in [1.29, 1.82) is 0 Å². The molecule has 0 bridgehead atoms. The number of primary amides is 1. The Morgan fingerprint density at radius 3 is 3.00 bits per heavy atom. The standard InChI is InChI=1S/C11H16N2O2/c1-2-3-4-8-15-9-6-5-7-13-10(9)11(12)14/h5-7H,2-4,8H2,1H3,(H2,12,14). The van der Waals surface area contributed by atoms with E-state index in [-0.39, 0.29) is 5.69 Å². The third kappa shape index (κ3) is 3.58. The van der Waals surface area contributed by atoms with Crippen molar-refractivity contribution in [3.05, 3.63) is 24.0 Å². The zero-order valence-electron chi connectivity index (χ0n) is 8.90. The number of hydrogen-bond donors (Lipinski definition) is 1. The van der Waals surface area contributed by atoms with Crippen molar-refractivity contribution in [2.45, 2.75) is 26.2 Å². The van der Waals surface area contributed by atoms with Crippen LogP contribution in [0.25, 0.3) is 0 Å². The van der Waals surface area contributed by atoms with Crippen LogP contribution in [0.2, 0.25) is 0 Å². The van der Waals surface area contributed by atoms with Gasteiger partial charge in [0, 0.05) is 6.20 Å². The van der Waals surface area contributed by atoms with Crippen LogP contribution in [0.15, 0.2) is 18.3 Å². The highest BCUT2D eigenvalue weighted by atomic mass is 16.5. The summed E-state index contributed by atoms with van der Waals surface area (Å²) in [6.45, 7) is 2.72. The maximum atomic E-state index is 11.0. The van der Waals surface area contributed by atoms with Gasteiger partial charge in [-0.2, -0.15) is 0 Å². The van der Waals surface area contributed by atoms with Gasteiger partial charge in [-0.05, 0) is 18.6 Å². The van der Waals surface area contributed by atoms with Gasteiger partial charge in [-0.3, -0.25) is 4.79 Å². The number of pyridine rings is 1. The van der Waals surface area contributed by atoms with Gasteiger partial charge in [-0.25, -0.2) is 4.98 Å². The summed E-state index contributed by atoms with van der Waals surface area (Å²) in [5.41, 5.74) is 5.37. The minimum atomic E-state index is -0.555. The summed E-state index contributed by atoms with van der Waals surface area (Å²) in [4.78, 5) is 14.9. The Kier molecular flexibility index (Phi) is 4.60. The zero-order valence-corrected chi connectivity index (χ0v) is 8.90. The van der Waals surface area contributed by atoms with Crippen molar-refractivity contribution >= 4 is 5.91 Å². The molecule has 4 nitrogen and oxygen atoms in total. The van der Waals surface area contributed by atoms with E-state index in [1.165, 1.54) is 6.20 Å². The Morgan fingerprint density at radius 1 is 1.53 bits per heavy atom. The van der Waals surface area contributed by atoms with Crippen LogP contribution in [0.1, 0.15) is 36.7 Å². The van der Waals surface area contributed by atoms with Crippen LogP contribution < -0.4 is 10.5 Å². The summed E-state index contributed by atoms with van der Waals surface area (Å²) in [5, 5.41) is 0. The lowest BCUT2D eigenvalue weighted by atomic mass is 10.2. The molecule has 1 heterocycles. The van der Waals surface area contributed by atoms with Crippen molar-refractivity contribution < 1.29 is 9.53 Å². The van der Waals surface area contributed by atoms with E-state index in [1.54, 1.807) is 12.1 Å². The molecule has 0 aliphatic heterocycles. The van der Waals surface area contributed by atoms with E-state index in [0.29, 0.717) is 12.4 Å². The molecule has 0 radical (unpaired) electrons. The third-order valence-corrected chi connectivity index (χ3v) is 2.01. The monoisotopic (exact) mass is 208 g/mol. The second-order valence-electron chi connectivity index (χ2n) is 3.27. The van der Waals surface area contributed by atoms with Gasteiger partial charge in [-0.1, -0.05) is 19.8 Å². The minimum Gasteiger partial charge on any atom is -0.491 e. The molecular formula is C11H16N2O2. The molecule has 0 aromatic carbocycles. The second kappa shape index (κ2) is 6.01. The number of ether oxygens (including phenoxy) is 1.